The van der Waals surface area contributed by atoms with Crippen molar-refractivity contribution in [2.24, 2.45) is 5.92 Å². The third-order valence-electron chi connectivity index (χ3n) is 5.39. The summed E-state index contributed by atoms with van der Waals surface area (Å²) in [5, 5.41) is 19.9. The number of hydrogen-bond acceptors (Lipinski definition) is 8. The van der Waals surface area contributed by atoms with E-state index in [1.165, 1.54) is 14.2 Å². The highest BCUT2D eigenvalue weighted by Gasteiger charge is 2.33. The van der Waals surface area contributed by atoms with Gasteiger partial charge in [0.05, 0.1) is 31.8 Å². The van der Waals surface area contributed by atoms with Gasteiger partial charge >= 0.3 is 11.9 Å². The molecule has 0 saturated heterocycles. The number of aromatic nitrogens is 2. The number of aryl methyl sites for hydroxylation is 2. The summed E-state index contributed by atoms with van der Waals surface area (Å²) in [4.78, 5) is 30.7. The molecule has 0 bridgehead atoms. The molecule has 0 aromatic carbocycles. The molecule has 0 aliphatic heterocycles. The van der Waals surface area contributed by atoms with E-state index in [1.54, 1.807) is 36.9 Å². The summed E-state index contributed by atoms with van der Waals surface area (Å²) < 4.78 is 9.26. The van der Waals surface area contributed by atoms with E-state index in [0.717, 1.165) is 23.1 Å². The minimum absolute atomic E-state index is 0.0190. The summed E-state index contributed by atoms with van der Waals surface area (Å²) in [6.45, 7) is 0. The van der Waals surface area contributed by atoms with Gasteiger partial charge in [0, 0.05) is 30.4 Å². The minimum atomic E-state index is -0.760. The second-order valence-corrected chi connectivity index (χ2v) is 7.04. The molecule has 30 heavy (non-hydrogen) atoms. The lowest BCUT2D eigenvalue weighted by molar-refractivity contribution is -0.150. The first-order chi connectivity index (χ1) is 14.5. The second kappa shape index (κ2) is 9.49. The highest BCUT2D eigenvalue weighted by Crippen LogP contribution is 2.34. The Morgan fingerprint density at radius 1 is 1.00 bits per heavy atom. The lowest BCUT2D eigenvalue weighted by Crippen LogP contribution is -2.28. The number of esters is 2. The number of ether oxygens (including phenoxy) is 2. The third-order valence-corrected chi connectivity index (χ3v) is 5.39. The van der Waals surface area contributed by atoms with E-state index in [9.17, 15) is 19.8 Å². The van der Waals surface area contributed by atoms with Crippen LogP contribution >= 0.6 is 0 Å². The molecule has 2 aliphatic carbocycles. The van der Waals surface area contributed by atoms with Crippen molar-refractivity contribution < 1.29 is 29.3 Å². The maximum atomic E-state index is 11.4. The van der Waals surface area contributed by atoms with Gasteiger partial charge in [0.2, 0.25) is 0 Å². The van der Waals surface area contributed by atoms with E-state index >= 15 is 0 Å². The molecule has 2 heterocycles. The Hall–Kier alpha value is -3.26. The van der Waals surface area contributed by atoms with Crippen LogP contribution in [0.5, 0.6) is 0 Å². The van der Waals surface area contributed by atoms with Crippen LogP contribution < -0.4 is 0 Å². The van der Waals surface area contributed by atoms with Gasteiger partial charge in [0.25, 0.3) is 0 Å². The van der Waals surface area contributed by atoms with Crippen molar-refractivity contribution in [3.63, 3.8) is 0 Å². The summed E-state index contributed by atoms with van der Waals surface area (Å²) in [5.74, 6) is -1.23. The first kappa shape index (κ1) is 21.4. The number of rotatable bonds is 2. The molecule has 2 unspecified atom stereocenters. The summed E-state index contributed by atoms with van der Waals surface area (Å²) in [5.41, 5.74) is 3.80. The van der Waals surface area contributed by atoms with Crippen molar-refractivity contribution in [2.45, 2.75) is 31.8 Å². The molecule has 8 nitrogen and oxygen atoms in total. The summed E-state index contributed by atoms with van der Waals surface area (Å²) in [7, 11) is 2.65. The number of aliphatic hydroxyl groups excluding tert-OH is 2. The van der Waals surface area contributed by atoms with Crippen LogP contribution in [0.2, 0.25) is 0 Å². The minimum Gasteiger partial charge on any atom is -0.507 e. The van der Waals surface area contributed by atoms with Crippen molar-refractivity contribution in [3.05, 3.63) is 64.7 Å². The van der Waals surface area contributed by atoms with Crippen LogP contribution in [-0.2, 0) is 31.9 Å². The molecule has 4 rings (SSSR count). The van der Waals surface area contributed by atoms with Crippen molar-refractivity contribution >= 4 is 17.7 Å². The highest BCUT2D eigenvalue weighted by atomic mass is 16.5. The van der Waals surface area contributed by atoms with Gasteiger partial charge in [0.1, 0.15) is 5.76 Å². The van der Waals surface area contributed by atoms with Crippen molar-refractivity contribution in [2.75, 3.05) is 14.2 Å². The van der Waals surface area contributed by atoms with Gasteiger partial charge in [-0.2, -0.15) is 0 Å². The molecule has 0 spiro atoms. The quantitative estimate of drug-likeness (QED) is 0.722. The molecule has 0 radical (unpaired) electrons. The lowest BCUT2D eigenvalue weighted by Gasteiger charge is -2.27. The van der Waals surface area contributed by atoms with Crippen molar-refractivity contribution in [1.29, 1.82) is 0 Å². The Labute approximate surface area is 174 Å². The number of aliphatic hydroxyl groups is 2. The van der Waals surface area contributed by atoms with Crippen molar-refractivity contribution in [3.8, 4) is 0 Å². The summed E-state index contributed by atoms with van der Waals surface area (Å²) in [6, 6.07) is 3.46. The van der Waals surface area contributed by atoms with Gasteiger partial charge in [-0.25, -0.2) is 4.79 Å². The van der Waals surface area contributed by atoms with Gasteiger partial charge in [-0.15, -0.1) is 0 Å². The highest BCUT2D eigenvalue weighted by molar-refractivity contribution is 5.96. The van der Waals surface area contributed by atoms with Crippen LogP contribution in [0.15, 0.2) is 42.5 Å². The smallest absolute Gasteiger partial charge is 0.337 e. The van der Waals surface area contributed by atoms with Crippen LogP contribution in [0.4, 0.5) is 0 Å². The fourth-order valence-electron chi connectivity index (χ4n) is 3.74. The number of carbonyl (C=O) groups is 2. The molecule has 158 valence electrons. The average molecular weight is 412 g/mol. The molecule has 0 fully saturated rings. The van der Waals surface area contributed by atoms with E-state index in [-0.39, 0.29) is 11.7 Å². The van der Waals surface area contributed by atoms with Crippen molar-refractivity contribution in [1.82, 2.24) is 9.97 Å². The molecular formula is C22H24N2O6. The third kappa shape index (κ3) is 4.33. The predicted octanol–water partition coefficient (Wildman–Crippen LogP) is 2.32. The molecule has 2 atom stereocenters. The zero-order chi connectivity index (χ0) is 21.7. The number of fused-ring (bicyclic) bond motifs is 2. The molecule has 0 amide bonds. The lowest BCUT2D eigenvalue weighted by atomic mass is 9.82. The van der Waals surface area contributed by atoms with E-state index in [1.807, 2.05) is 0 Å². The summed E-state index contributed by atoms with van der Waals surface area (Å²) in [6.07, 6.45) is 8.49. The van der Waals surface area contributed by atoms with E-state index in [2.05, 4.69) is 19.4 Å². The maximum absolute atomic E-state index is 11.4. The van der Waals surface area contributed by atoms with Crippen LogP contribution in [-0.4, -0.2) is 46.3 Å². The Morgan fingerprint density at radius 2 is 1.70 bits per heavy atom. The van der Waals surface area contributed by atoms with Gasteiger partial charge in [-0.3, -0.25) is 14.8 Å². The van der Waals surface area contributed by atoms with E-state index in [4.69, 9.17) is 0 Å². The average Bonchev–Trinajstić information content (AvgIpc) is 2.79. The Balaban J connectivity index is 0.000000171. The molecule has 2 N–H and O–H groups in total. The number of carbonyl (C=O) groups excluding carboxylic acids is 2. The molecule has 2 aromatic heterocycles. The van der Waals surface area contributed by atoms with Crippen LogP contribution in [0.25, 0.3) is 5.76 Å². The fourth-order valence-corrected chi connectivity index (χ4v) is 3.74. The SMILES string of the molecule is COC(=O)C1=C(O)c2ccncc2CC1.COC(=O)C1CCc2cnccc2C1O. The maximum Gasteiger partial charge on any atom is 0.337 e. The zero-order valence-electron chi connectivity index (χ0n) is 16.9. The standard InChI is InChI=1S/C11H13NO3.C11H11NO3/c2*1-15-11(14)9-3-2-7-6-12-5-4-8(7)10(9)13/h4-6,9-10,13H,2-3H2,1H3;4-6,13H,2-3H2,1H3. The van der Waals surface area contributed by atoms with Crippen LogP contribution in [0.3, 0.4) is 0 Å². The fraction of sp³-hybridized carbons (Fsp3) is 0.364. The van der Waals surface area contributed by atoms with Crippen LogP contribution in [0.1, 0.15) is 41.2 Å². The molecule has 0 saturated carbocycles. The van der Waals surface area contributed by atoms with Gasteiger partial charge in [0.15, 0.2) is 0 Å². The molecule has 8 heteroatoms. The Bertz CT molecular complexity index is 972. The van der Waals surface area contributed by atoms with E-state index < -0.39 is 18.0 Å². The molecule has 2 aromatic rings. The molecule has 2 aliphatic rings. The Morgan fingerprint density at radius 3 is 2.40 bits per heavy atom. The second-order valence-electron chi connectivity index (χ2n) is 7.04. The first-order valence-corrected chi connectivity index (χ1v) is 9.60. The number of hydrogen-bond donors (Lipinski definition) is 2. The van der Waals surface area contributed by atoms with Gasteiger partial charge in [-0.05, 0) is 54.5 Å². The van der Waals surface area contributed by atoms with Gasteiger partial charge in [-0.1, -0.05) is 0 Å². The first-order valence-electron chi connectivity index (χ1n) is 9.60. The van der Waals surface area contributed by atoms with Gasteiger partial charge < -0.3 is 19.7 Å². The monoisotopic (exact) mass is 412 g/mol. The van der Waals surface area contributed by atoms with Crippen LogP contribution in [0, 0.1) is 5.92 Å². The topological polar surface area (TPSA) is 119 Å². The number of methoxy groups -OCH3 is 2. The molecular weight excluding hydrogens is 388 g/mol. The predicted molar refractivity (Wildman–Crippen MR) is 107 cm³/mol. The normalized spacial score (nSPS) is 19.6. The zero-order valence-corrected chi connectivity index (χ0v) is 16.9. The summed E-state index contributed by atoms with van der Waals surface area (Å²) >= 11 is 0. The number of pyridine rings is 2. The largest absolute Gasteiger partial charge is 0.507 e. The Kier molecular flexibility index (Phi) is 6.79. The van der Waals surface area contributed by atoms with E-state index in [0.29, 0.717) is 30.4 Å². The number of nitrogens with zero attached hydrogens (tertiary/aromatic N) is 2.